The third-order valence-corrected chi connectivity index (χ3v) is 5.79. The number of hydrogen-bond acceptors (Lipinski definition) is 3. The number of hydrogen-bond donors (Lipinski definition) is 1. The van der Waals surface area contributed by atoms with Crippen LogP contribution in [0.1, 0.15) is 45.4 Å². The molecule has 4 nitrogen and oxygen atoms in total. The highest BCUT2D eigenvalue weighted by molar-refractivity contribution is 8.00. The van der Waals surface area contributed by atoms with Gasteiger partial charge < -0.3 is 10.2 Å². The molecule has 1 aliphatic heterocycles. The second-order valence-corrected chi connectivity index (χ2v) is 6.91. The van der Waals surface area contributed by atoms with Crippen molar-refractivity contribution in [2.24, 2.45) is 0 Å². The van der Waals surface area contributed by atoms with Gasteiger partial charge in [0.05, 0.1) is 0 Å². The van der Waals surface area contributed by atoms with Crippen LogP contribution < -0.4 is 5.32 Å². The van der Waals surface area contributed by atoms with Crippen LogP contribution >= 0.6 is 11.8 Å². The first kappa shape index (κ1) is 14.7. The number of carbonyl (C=O) groups is 2. The average molecular weight is 284 g/mol. The Kier molecular flexibility index (Phi) is 4.76. The largest absolute Gasteiger partial charge is 0.344 e. The number of nitrogens with zero attached hydrogens (tertiary/aromatic N) is 1. The van der Waals surface area contributed by atoms with Gasteiger partial charge in [-0.15, -0.1) is 0 Å². The molecule has 108 valence electrons. The molecule has 0 bridgehead atoms. The van der Waals surface area contributed by atoms with E-state index in [1.807, 2.05) is 23.6 Å². The quantitative estimate of drug-likeness (QED) is 0.856. The van der Waals surface area contributed by atoms with E-state index in [-0.39, 0.29) is 22.6 Å². The van der Waals surface area contributed by atoms with Gasteiger partial charge in [0.25, 0.3) is 0 Å². The van der Waals surface area contributed by atoms with Crippen molar-refractivity contribution in [1.29, 1.82) is 0 Å². The molecule has 2 fully saturated rings. The zero-order valence-corrected chi connectivity index (χ0v) is 12.7. The molecule has 1 N–H and O–H groups in total. The van der Waals surface area contributed by atoms with Crippen molar-refractivity contribution in [3.8, 4) is 0 Å². The summed E-state index contributed by atoms with van der Waals surface area (Å²) < 4.78 is 0.224. The van der Waals surface area contributed by atoms with Gasteiger partial charge in [-0.2, -0.15) is 11.8 Å². The van der Waals surface area contributed by atoms with Crippen molar-refractivity contribution in [3.05, 3.63) is 0 Å². The van der Waals surface area contributed by atoms with Crippen LogP contribution in [-0.2, 0) is 9.59 Å². The van der Waals surface area contributed by atoms with Crippen LogP contribution in [0.4, 0.5) is 0 Å². The van der Waals surface area contributed by atoms with Crippen LogP contribution in [0, 0.1) is 0 Å². The molecule has 1 heterocycles. The molecular formula is C14H24N2O2S. The summed E-state index contributed by atoms with van der Waals surface area (Å²) in [6.07, 6.45) is 8.16. The average Bonchev–Trinajstić information content (AvgIpc) is 2.84. The fourth-order valence-corrected chi connectivity index (χ4v) is 4.10. The minimum Gasteiger partial charge on any atom is -0.344 e. The van der Waals surface area contributed by atoms with E-state index in [0.717, 1.165) is 6.54 Å². The van der Waals surface area contributed by atoms with Gasteiger partial charge in [-0.1, -0.05) is 19.8 Å². The molecule has 1 saturated carbocycles. The number of carbonyl (C=O) groups excluding carboxylic acids is 2. The molecule has 19 heavy (non-hydrogen) atoms. The Morgan fingerprint density at radius 1 is 1.37 bits per heavy atom. The molecule has 5 heteroatoms. The first-order valence-electron chi connectivity index (χ1n) is 7.23. The summed E-state index contributed by atoms with van der Waals surface area (Å²) >= 11 is 1.89. The molecule has 1 saturated heterocycles. The summed E-state index contributed by atoms with van der Waals surface area (Å²) in [5.41, 5.74) is 0. The summed E-state index contributed by atoms with van der Waals surface area (Å²) in [6, 6.07) is -0.324. The van der Waals surface area contributed by atoms with Crippen molar-refractivity contribution < 1.29 is 9.59 Å². The monoisotopic (exact) mass is 284 g/mol. The topological polar surface area (TPSA) is 49.4 Å². The van der Waals surface area contributed by atoms with Crippen molar-refractivity contribution in [2.75, 3.05) is 19.3 Å². The van der Waals surface area contributed by atoms with Gasteiger partial charge in [0, 0.05) is 24.3 Å². The Hall–Kier alpha value is -0.710. The molecule has 2 amide bonds. The van der Waals surface area contributed by atoms with E-state index in [2.05, 4.69) is 11.6 Å². The molecule has 1 atom stereocenters. The van der Waals surface area contributed by atoms with Crippen LogP contribution in [0.3, 0.4) is 0 Å². The van der Waals surface area contributed by atoms with E-state index < -0.39 is 0 Å². The number of nitrogens with one attached hydrogen (secondary N) is 1. The van der Waals surface area contributed by atoms with E-state index in [0.29, 0.717) is 19.4 Å². The summed E-state index contributed by atoms with van der Waals surface area (Å²) in [5, 5.41) is 2.83. The lowest BCUT2D eigenvalue weighted by molar-refractivity contribution is -0.133. The summed E-state index contributed by atoms with van der Waals surface area (Å²) in [6.45, 7) is 3.33. The number of rotatable bonds is 4. The van der Waals surface area contributed by atoms with Crippen molar-refractivity contribution >= 4 is 23.6 Å². The van der Waals surface area contributed by atoms with Gasteiger partial charge in [0.1, 0.15) is 6.04 Å². The highest BCUT2D eigenvalue weighted by Crippen LogP contribution is 2.41. The maximum atomic E-state index is 12.5. The lowest BCUT2D eigenvalue weighted by atomic mass is 10.1. The predicted octanol–water partition coefficient (Wildman–Crippen LogP) is 1.79. The molecule has 0 aromatic carbocycles. The summed E-state index contributed by atoms with van der Waals surface area (Å²) in [4.78, 5) is 26.0. The molecule has 2 aliphatic rings. The fraction of sp³-hybridized carbons (Fsp3) is 0.857. The smallest absolute Gasteiger partial charge is 0.245 e. The van der Waals surface area contributed by atoms with Crippen LogP contribution in [0.2, 0.25) is 0 Å². The normalized spacial score (nSPS) is 27.3. The maximum Gasteiger partial charge on any atom is 0.245 e. The van der Waals surface area contributed by atoms with E-state index in [9.17, 15) is 9.59 Å². The molecule has 1 aliphatic carbocycles. The van der Waals surface area contributed by atoms with E-state index in [1.165, 1.54) is 25.7 Å². The number of amides is 2. The minimum atomic E-state index is -0.324. The molecule has 0 aromatic rings. The first-order chi connectivity index (χ1) is 9.10. The van der Waals surface area contributed by atoms with Crippen LogP contribution in [0.25, 0.3) is 0 Å². The lowest BCUT2D eigenvalue weighted by Gasteiger charge is -2.34. The Morgan fingerprint density at radius 3 is 2.63 bits per heavy atom. The third kappa shape index (κ3) is 3.25. The van der Waals surface area contributed by atoms with Crippen LogP contribution in [0.15, 0.2) is 0 Å². The van der Waals surface area contributed by atoms with Gasteiger partial charge in [0.15, 0.2) is 0 Å². The second-order valence-electron chi connectivity index (χ2n) is 5.63. The Morgan fingerprint density at radius 2 is 2.05 bits per heavy atom. The zero-order valence-electron chi connectivity index (χ0n) is 11.9. The van der Waals surface area contributed by atoms with E-state index in [4.69, 9.17) is 0 Å². The fourth-order valence-electron chi connectivity index (χ4n) is 3.12. The minimum absolute atomic E-state index is 0.00678. The maximum absolute atomic E-state index is 12.5. The molecular weight excluding hydrogens is 260 g/mol. The highest BCUT2D eigenvalue weighted by Gasteiger charge is 2.38. The zero-order chi connectivity index (χ0) is 13.9. The summed E-state index contributed by atoms with van der Waals surface area (Å²) in [5.74, 6) is 0.112. The highest BCUT2D eigenvalue weighted by atomic mass is 32.2. The lowest BCUT2D eigenvalue weighted by Crippen LogP contribution is -2.48. The predicted molar refractivity (Wildman–Crippen MR) is 78.1 cm³/mol. The molecule has 1 unspecified atom stereocenters. The third-order valence-electron chi connectivity index (χ3n) is 4.39. The van der Waals surface area contributed by atoms with Crippen molar-refractivity contribution in [2.45, 2.75) is 56.2 Å². The SMILES string of the molecule is CCC1NC(=O)CCN(CC2(SC)CCCC2)C1=O. The Balaban J connectivity index is 2.09. The standard InChI is InChI=1S/C14H24N2O2S/c1-3-11-13(18)16(9-6-12(17)15-11)10-14(19-2)7-4-5-8-14/h11H,3-10H2,1-2H3,(H,15,17). The molecule has 0 spiro atoms. The number of thioether (sulfide) groups is 1. The van der Waals surface area contributed by atoms with Gasteiger partial charge >= 0.3 is 0 Å². The van der Waals surface area contributed by atoms with Gasteiger partial charge in [0.2, 0.25) is 11.8 Å². The molecule has 0 aromatic heterocycles. The Bertz CT molecular complexity index is 353. The molecule has 0 radical (unpaired) electrons. The summed E-state index contributed by atoms with van der Waals surface area (Å²) in [7, 11) is 0. The van der Waals surface area contributed by atoms with Gasteiger partial charge in [-0.3, -0.25) is 9.59 Å². The van der Waals surface area contributed by atoms with Gasteiger partial charge in [-0.25, -0.2) is 0 Å². The van der Waals surface area contributed by atoms with Gasteiger partial charge in [-0.05, 0) is 25.5 Å². The van der Waals surface area contributed by atoms with E-state index in [1.54, 1.807) is 0 Å². The van der Waals surface area contributed by atoms with Crippen molar-refractivity contribution in [3.63, 3.8) is 0 Å². The molecule has 2 rings (SSSR count). The first-order valence-corrected chi connectivity index (χ1v) is 8.46. The van der Waals surface area contributed by atoms with Crippen LogP contribution in [0.5, 0.6) is 0 Å². The second kappa shape index (κ2) is 6.16. The Labute approximate surface area is 119 Å². The van der Waals surface area contributed by atoms with Crippen molar-refractivity contribution in [1.82, 2.24) is 10.2 Å². The van der Waals surface area contributed by atoms with E-state index >= 15 is 0 Å². The van der Waals surface area contributed by atoms with Crippen LogP contribution in [-0.4, -0.2) is 46.8 Å².